The van der Waals surface area contributed by atoms with Gasteiger partial charge in [-0.3, -0.25) is 9.69 Å². The molecule has 2 saturated heterocycles. The molecule has 0 aromatic heterocycles. The van der Waals surface area contributed by atoms with Gasteiger partial charge in [0.05, 0.1) is 22.2 Å². The van der Waals surface area contributed by atoms with E-state index in [0.717, 1.165) is 43.9 Å². The van der Waals surface area contributed by atoms with Gasteiger partial charge in [-0.15, -0.1) is 0 Å². The van der Waals surface area contributed by atoms with Crippen LogP contribution in [0.15, 0.2) is 48.5 Å². The fourth-order valence-electron chi connectivity index (χ4n) is 4.86. The lowest BCUT2D eigenvalue weighted by Crippen LogP contribution is -2.47. The summed E-state index contributed by atoms with van der Waals surface area (Å²) in [6, 6.07) is 13.4. The molecule has 0 bridgehead atoms. The number of nitrogens with zero attached hydrogens (tertiary/aromatic N) is 1. The van der Waals surface area contributed by atoms with Crippen molar-refractivity contribution in [3.05, 3.63) is 70.2 Å². The standard InChI is InChI=1S/C23H24ClF3N2O/c24-20-17(10-6-11-18(20)23(25,26)27)22(30)28-21(15-7-2-1-3-8-15)19-13-12-16-9-4-5-14-29(16)19/h1-3,6-8,10-11,16,19,21H,4-5,9,12-14H2,(H,28,30)/t16-,19-,21?/m0/s1. The lowest BCUT2D eigenvalue weighted by atomic mass is 9.96. The van der Waals surface area contributed by atoms with E-state index in [0.29, 0.717) is 6.04 Å². The van der Waals surface area contributed by atoms with Crippen LogP contribution in [0, 0.1) is 0 Å². The van der Waals surface area contributed by atoms with Gasteiger partial charge in [0.25, 0.3) is 5.91 Å². The average molecular weight is 437 g/mol. The number of halogens is 4. The second kappa shape index (κ2) is 8.60. The molecule has 7 heteroatoms. The van der Waals surface area contributed by atoms with Crippen LogP contribution in [0.1, 0.15) is 59.6 Å². The second-order valence-corrected chi connectivity index (χ2v) is 8.44. The molecule has 2 fully saturated rings. The maximum Gasteiger partial charge on any atom is 0.417 e. The summed E-state index contributed by atoms with van der Waals surface area (Å²) in [6.45, 7) is 0.985. The van der Waals surface area contributed by atoms with Gasteiger partial charge in [0.1, 0.15) is 0 Å². The Labute approximate surface area is 179 Å². The highest BCUT2D eigenvalue weighted by Gasteiger charge is 2.41. The Kier molecular flexibility index (Phi) is 6.07. The Morgan fingerprint density at radius 2 is 1.80 bits per heavy atom. The van der Waals surface area contributed by atoms with Gasteiger partial charge in [-0.1, -0.05) is 54.4 Å². The molecule has 2 aliphatic heterocycles. The molecular weight excluding hydrogens is 413 g/mol. The molecule has 0 saturated carbocycles. The Bertz CT molecular complexity index is 903. The first-order valence-electron chi connectivity index (χ1n) is 10.3. The lowest BCUT2D eigenvalue weighted by molar-refractivity contribution is -0.137. The topological polar surface area (TPSA) is 32.3 Å². The number of carbonyl (C=O) groups is 1. The van der Waals surface area contributed by atoms with Crippen molar-refractivity contribution in [3.8, 4) is 0 Å². The van der Waals surface area contributed by atoms with E-state index in [-0.39, 0.29) is 17.6 Å². The summed E-state index contributed by atoms with van der Waals surface area (Å²) in [5.74, 6) is -0.583. The number of hydrogen-bond donors (Lipinski definition) is 1. The van der Waals surface area contributed by atoms with Crippen LogP contribution in [0.2, 0.25) is 5.02 Å². The highest BCUT2D eigenvalue weighted by atomic mass is 35.5. The molecular formula is C23H24ClF3N2O. The predicted octanol–water partition coefficient (Wildman–Crippen LogP) is 5.85. The summed E-state index contributed by atoms with van der Waals surface area (Å²) >= 11 is 6.00. The van der Waals surface area contributed by atoms with E-state index in [2.05, 4.69) is 10.2 Å². The zero-order valence-electron chi connectivity index (χ0n) is 16.5. The number of carbonyl (C=O) groups excluding carboxylic acids is 1. The van der Waals surface area contributed by atoms with Crippen molar-refractivity contribution in [3.63, 3.8) is 0 Å². The number of fused-ring (bicyclic) bond motifs is 1. The SMILES string of the molecule is O=C(NC(c1ccccc1)[C@@H]1CC[C@@H]2CCCCN21)c1cccc(C(F)(F)F)c1Cl. The molecule has 1 unspecified atom stereocenters. The third-order valence-electron chi connectivity index (χ3n) is 6.27. The van der Waals surface area contributed by atoms with Gasteiger partial charge in [0.15, 0.2) is 0 Å². The molecule has 1 N–H and O–H groups in total. The largest absolute Gasteiger partial charge is 0.417 e. The highest BCUT2D eigenvalue weighted by molar-refractivity contribution is 6.34. The van der Waals surface area contributed by atoms with Crippen LogP contribution in [0.4, 0.5) is 13.2 Å². The van der Waals surface area contributed by atoms with E-state index in [1.165, 1.54) is 18.6 Å². The van der Waals surface area contributed by atoms with Gasteiger partial charge in [-0.2, -0.15) is 13.2 Å². The number of piperidine rings is 1. The van der Waals surface area contributed by atoms with Crippen molar-refractivity contribution in [1.82, 2.24) is 10.2 Å². The quantitative estimate of drug-likeness (QED) is 0.652. The molecule has 160 valence electrons. The predicted molar refractivity (Wildman–Crippen MR) is 110 cm³/mol. The van der Waals surface area contributed by atoms with Crippen molar-refractivity contribution < 1.29 is 18.0 Å². The van der Waals surface area contributed by atoms with Crippen LogP contribution in [0.3, 0.4) is 0 Å². The smallest absolute Gasteiger partial charge is 0.344 e. The minimum atomic E-state index is -4.61. The third kappa shape index (κ3) is 4.21. The van der Waals surface area contributed by atoms with Crippen LogP contribution < -0.4 is 5.32 Å². The maximum atomic E-state index is 13.2. The number of rotatable bonds is 4. The summed E-state index contributed by atoms with van der Waals surface area (Å²) in [7, 11) is 0. The van der Waals surface area contributed by atoms with Gasteiger partial charge >= 0.3 is 6.18 Å². The zero-order chi connectivity index (χ0) is 21.3. The van der Waals surface area contributed by atoms with Crippen molar-refractivity contribution in [2.75, 3.05) is 6.54 Å². The Morgan fingerprint density at radius 3 is 2.53 bits per heavy atom. The number of amides is 1. The molecule has 2 aliphatic rings. The van der Waals surface area contributed by atoms with Crippen molar-refractivity contribution >= 4 is 17.5 Å². The molecule has 30 heavy (non-hydrogen) atoms. The molecule has 0 radical (unpaired) electrons. The molecule has 3 nitrogen and oxygen atoms in total. The Balaban J connectivity index is 1.64. The van der Waals surface area contributed by atoms with Crippen molar-refractivity contribution in [2.45, 2.75) is 56.4 Å². The van der Waals surface area contributed by atoms with Gasteiger partial charge in [0, 0.05) is 12.1 Å². The Morgan fingerprint density at radius 1 is 1.03 bits per heavy atom. The van der Waals surface area contributed by atoms with E-state index in [1.807, 2.05) is 30.3 Å². The number of alkyl halides is 3. The van der Waals surface area contributed by atoms with Crippen LogP contribution in [0.5, 0.6) is 0 Å². The number of hydrogen-bond acceptors (Lipinski definition) is 2. The minimum Gasteiger partial charge on any atom is -0.344 e. The summed E-state index contributed by atoms with van der Waals surface area (Å²) in [5, 5.41) is 2.45. The molecule has 4 rings (SSSR count). The van der Waals surface area contributed by atoms with Crippen LogP contribution in [-0.2, 0) is 6.18 Å². The number of benzene rings is 2. The van der Waals surface area contributed by atoms with Crippen LogP contribution in [0.25, 0.3) is 0 Å². The Hall–Kier alpha value is -2.05. The first-order valence-corrected chi connectivity index (χ1v) is 10.7. The number of nitrogens with one attached hydrogen (secondary N) is 1. The van der Waals surface area contributed by atoms with Gasteiger partial charge in [-0.25, -0.2) is 0 Å². The first kappa shape index (κ1) is 21.2. The van der Waals surface area contributed by atoms with E-state index in [9.17, 15) is 18.0 Å². The average Bonchev–Trinajstić information content (AvgIpc) is 3.15. The second-order valence-electron chi connectivity index (χ2n) is 8.06. The normalized spacial score (nSPS) is 23.1. The molecule has 0 spiro atoms. The molecule has 3 atom stereocenters. The monoisotopic (exact) mass is 436 g/mol. The highest BCUT2D eigenvalue weighted by Crippen LogP contribution is 2.39. The summed E-state index contributed by atoms with van der Waals surface area (Å²) in [5.41, 5.74) is -0.198. The molecule has 1 amide bonds. The lowest BCUT2D eigenvalue weighted by Gasteiger charge is -2.38. The summed E-state index contributed by atoms with van der Waals surface area (Å²) < 4.78 is 39.7. The van der Waals surface area contributed by atoms with Crippen molar-refractivity contribution in [1.29, 1.82) is 0 Å². The third-order valence-corrected chi connectivity index (χ3v) is 6.68. The summed E-state index contributed by atoms with van der Waals surface area (Å²) in [4.78, 5) is 15.5. The minimum absolute atomic E-state index is 0.117. The van der Waals surface area contributed by atoms with Crippen LogP contribution in [-0.4, -0.2) is 29.4 Å². The molecule has 2 heterocycles. The van der Waals surface area contributed by atoms with E-state index >= 15 is 0 Å². The van der Waals surface area contributed by atoms with Crippen LogP contribution >= 0.6 is 11.6 Å². The van der Waals surface area contributed by atoms with E-state index < -0.39 is 22.7 Å². The fourth-order valence-corrected chi connectivity index (χ4v) is 5.18. The molecule has 0 aliphatic carbocycles. The maximum absolute atomic E-state index is 13.2. The van der Waals surface area contributed by atoms with Gasteiger partial charge < -0.3 is 5.32 Å². The molecule has 2 aromatic carbocycles. The van der Waals surface area contributed by atoms with Gasteiger partial charge in [-0.05, 0) is 49.9 Å². The fraction of sp³-hybridized carbons (Fsp3) is 0.435. The van der Waals surface area contributed by atoms with E-state index in [4.69, 9.17) is 11.6 Å². The molecule has 2 aromatic rings. The van der Waals surface area contributed by atoms with Gasteiger partial charge in [0.2, 0.25) is 0 Å². The zero-order valence-corrected chi connectivity index (χ0v) is 17.2. The first-order chi connectivity index (χ1) is 14.4. The summed E-state index contributed by atoms with van der Waals surface area (Å²) in [6.07, 6.45) is 0.914. The van der Waals surface area contributed by atoms with E-state index in [1.54, 1.807) is 0 Å². The van der Waals surface area contributed by atoms with Crippen molar-refractivity contribution in [2.24, 2.45) is 0 Å².